The van der Waals surface area contributed by atoms with Crippen LogP contribution in [0.4, 0.5) is 5.82 Å². The number of hydrogen-bond donors (Lipinski definition) is 1. The summed E-state index contributed by atoms with van der Waals surface area (Å²) in [5.41, 5.74) is -1.05. The second-order valence-electron chi connectivity index (χ2n) is 10.3. The van der Waals surface area contributed by atoms with Crippen molar-refractivity contribution in [2.75, 3.05) is 11.9 Å². The van der Waals surface area contributed by atoms with Gasteiger partial charge < -0.3 is 14.8 Å². The lowest BCUT2D eigenvalue weighted by Crippen LogP contribution is -2.62. The largest absolute Gasteiger partial charge is 0.462 e. The molecule has 4 aliphatic carbocycles. The summed E-state index contributed by atoms with van der Waals surface area (Å²) in [6.07, 6.45) is 6.85. The normalized spacial score (nSPS) is 32.0. The van der Waals surface area contributed by atoms with Crippen LogP contribution in [-0.4, -0.2) is 39.7 Å². The third-order valence-corrected chi connectivity index (χ3v) is 6.71. The van der Waals surface area contributed by atoms with Crippen LogP contribution >= 0.6 is 11.6 Å². The smallest absolute Gasteiger partial charge is 0.343 e. The van der Waals surface area contributed by atoms with E-state index in [1.165, 1.54) is 6.20 Å². The van der Waals surface area contributed by atoms with E-state index >= 15 is 0 Å². The molecule has 1 aromatic heterocycles. The average Bonchev–Trinajstić information content (AvgIpc) is 2.59. The molecule has 4 saturated carbocycles. The number of aromatic nitrogens is 2. The topological polar surface area (TPSA) is 90.4 Å². The first-order valence-electron chi connectivity index (χ1n) is 10.7. The highest BCUT2D eigenvalue weighted by Gasteiger charge is 2.62. The Morgan fingerprint density at radius 2 is 1.90 bits per heavy atom. The first kappa shape index (κ1) is 21.3. The van der Waals surface area contributed by atoms with E-state index in [2.05, 4.69) is 15.3 Å². The lowest BCUT2D eigenvalue weighted by atomic mass is 9.47. The summed E-state index contributed by atoms with van der Waals surface area (Å²) >= 11 is 6.05. The Labute approximate surface area is 182 Å². The number of halogens is 1. The third-order valence-electron chi connectivity index (χ3n) is 6.53. The van der Waals surface area contributed by atoms with E-state index in [9.17, 15) is 9.59 Å². The number of hydrogen-bond acceptors (Lipinski definition) is 7. The van der Waals surface area contributed by atoms with Crippen molar-refractivity contribution in [3.63, 3.8) is 0 Å². The van der Waals surface area contributed by atoms with E-state index in [0.29, 0.717) is 24.1 Å². The fourth-order valence-electron chi connectivity index (χ4n) is 6.10. The average molecular weight is 436 g/mol. The van der Waals surface area contributed by atoms with Crippen molar-refractivity contribution in [1.82, 2.24) is 9.97 Å². The van der Waals surface area contributed by atoms with Gasteiger partial charge in [-0.25, -0.2) is 9.78 Å². The highest BCUT2D eigenvalue weighted by atomic mass is 35.5. The van der Waals surface area contributed by atoms with Crippen LogP contribution in [0.5, 0.6) is 0 Å². The van der Waals surface area contributed by atoms with Gasteiger partial charge in [0.2, 0.25) is 5.28 Å². The molecule has 0 radical (unpaired) electrons. The second kappa shape index (κ2) is 7.36. The highest BCUT2D eigenvalue weighted by Crippen LogP contribution is 2.63. The van der Waals surface area contributed by atoms with E-state index < -0.39 is 17.0 Å². The van der Waals surface area contributed by atoms with Crippen LogP contribution in [0, 0.1) is 17.3 Å². The molecule has 0 saturated heterocycles. The van der Waals surface area contributed by atoms with Crippen molar-refractivity contribution in [1.29, 1.82) is 0 Å². The van der Waals surface area contributed by atoms with Crippen LogP contribution in [0.1, 0.15) is 76.6 Å². The van der Waals surface area contributed by atoms with Gasteiger partial charge in [0.05, 0.1) is 12.0 Å². The first-order chi connectivity index (χ1) is 14.0. The summed E-state index contributed by atoms with van der Waals surface area (Å²) in [6.45, 7) is 7.75. The molecule has 0 aromatic carbocycles. The van der Waals surface area contributed by atoms with Gasteiger partial charge in [-0.05, 0) is 89.7 Å². The Hall–Kier alpha value is -1.89. The van der Waals surface area contributed by atoms with E-state index in [1.54, 1.807) is 6.92 Å². The standard InChI is InChI=1S/C22H30ClN3O4/c1-5-29-17(27)15-11-24-19(23)25-16(15)26-22-9-13-6-14(10-22)8-21(7-13,12-22)18(28)30-20(2,3)4/h11,13-14H,5-10,12H2,1-4H3,(H,24,25,26)/t13-,14+,21?,22?. The second-order valence-corrected chi connectivity index (χ2v) is 10.6. The number of carbonyl (C=O) groups is 2. The van der Waals surface area contributed by atoms with Crippen LogP contribution in [0.3, 0.4) is 0 Å². The van der Waals surface area contributed by atoms with Gasteiger partial charge in [-0.15, -0.1) is 0 Å². The fraction of sp³-hybridized carbons (Fsp3) is 0.727. The van der Waals surface area contributed by atoms with Gasteiger partial charge in [0, 0.05) is 11.7 Å². The molecule has 1 N–H and O–H groups in total. The quantitative estimate of drug-likeness (QED) is 0.541. The molecule has 4 atom stereocenters. The van der Waals surface area contributed by atoms with E-state index in [0.717, 1.165) is 32.1 Å². The SMILES string of the molecule is CCOC(=O)c1cnc(Cl)nc1NC12C[C@H]3C[C@@H](C1)CC(C(=O)OC(C)(C)C)(C3)C2. The molecule has 30 heavy (non-hydrogen) atoms. The maximum atomic E-state index is 13.3. The molecule has 4 aliphatic rings. The highest BCUT2D eigenvalue weighted by molar-refractivity contribution is 6.28. The van der Waals surface area contributed by atoms with Gasteiger partial charge in [-0.3, -0.25) is 4.79 Å². The molecule has 5 rings (SSSR count). The summed E-state index contributed by atoms with van der Waals surface area (Å²) in [7, 11) is 0. The maximum absolute atomic E-state index is 13.3. The Balaban J connectivity index is 1.65. The number of esters is 2. The summed E-state index contributed by atoms with van der Waals surface area (Å²) in [4.78, 5) is 33.9. The number of carbonyl (C=O) groups excluding carboxylic acids is 2. The zero-order valence-electron chi connectivity index (χ0n) is 18.1. The molecule has 0 spiro atoms. The van der Waals surface area contributed by atoms with Gasteiger partial charge in [0.25, 0.3) is 0 Å². The monoisotopic (exact) mass is 435 g/mol. The molecule has 8 heteroatoms. The third kappa shape index (κ3) is 4.01. The maximum Gasteiger partial charge on any atom is 0.343 e. The van der Waals surface area contributed by atoms with Gasteiger partial charge in [0.15, 0.2) is 0 Å². The van der Waals surface area contributed by atoms with E-state index in [4.69, 9.17) is 21.1 Å². The van der Waals surface area contributed by atoms with Crippen LogP contribution in [0.2, 0.25) is 5.28 Å². The number of rotatable bonds is 5. The molecule has 4 fully saturated rings. The minimum absolute atomic E-state index is 0.0668. The van der Waals surface area contributed by atoms with Crippen molar-refractivity contribution >= 4 is 29.4 Å². The van der Waals surface area contributed by atoms with Crippen molar-refractivity contribution < 1.29 is 19.1 Å². The van der Waals surface area contributed by atoms with Crippen LogP contribution in [-0.2, 0) is 14.3 Å². The van der Waals surface area contributed by atoms with Crippen molar-refractivity contribution in [2.45, 2.75) is 77.4 Å². The molecule has 1 aromatic rings. The minimum Gasteiger partial charge on any atom is -0.462 e. The molecule has 1 heterocycles. The molecule has 7 nitrogen and oxygen atoms in total. The predicted octanol–water partition coefficient (Wildman–Crippen LogP) is 4.40. The number of nitrogens with zero attached hydrogens (tertiary/aromatic N) is 2. The Bertz CT molecular complexity index is 852. The van der Waals surface area contributed by atoms with Crippen LogP contribution in [0.25, 0.3) is 0 Å². The molecule has 0 amide bonds. The van der Waals surface area contributed by atoms with Crippen LogP contribution < -0.4 is 5.32 Å². The zero-order chi connectivity index (χ0) is 21.7. The number of ether oxygens (including phenoxy) is 2. The van der Waals surface area contributed by atoms with Gasteiger partial charge in [-0.1, -0.05) is 0 Å². The van der Waals surface area contributed by atoms with Crippen molar-refractivity contribution in [3.05, 3.63) is 17.0 Å². The summed E-state index contributed by atoms with van der Waals surface area (Å²) in [5, 5.41) is 3.60. The Kier molecular flexibility index (Phi) is 5.24. The summed E-state index contributed by atoms with van der Waals surface area (Å²) in [6, 6.07) is 0. The first-order valence-corrected chi connectivity index (χ1v) is 11.1. The minimum atomic E-state index is -0.516. The molecule has 2 unspecified atom stereocenters. The summed E-state index contributed by atoms with van der Waals surface area (Å²) in [5.74, 6) is 0.712. The molecular formula is C22H30ClN3O4. The predicted molar refractivity (Wildman–Crippen MR) is 112 cm³/mol. The van der Waals surface area contributed by atoms with Gasteiger partial charge in [-0.2, -0.15) is 4.98 Å². The lowest BCUT2D eigenvalue weighted by molar-refractivity contribution is -0.183. The molecular weight excluding hydrogens is 406 g/mol. The molecule has 0 aliphatic heterocycles. The van der Waals surface area contributed by atoms with Crippen LogP contribution in [0.15, 0.2) is 6.20 Å². The Morgan fingerprint density at radius 1 is 1.23 bits per heavy atom. The Morgan fingerprint density at radius 3 is 2.50 bits per heavy atom. The van der Waals surface area contributed by atoms with E-state index in [-0.39, 0.29) is 29.0 Å². The molecule has 164 valence electrons. The van der Waals surface area contributed by atoms with E-state index in [1.807, 2.05) is 20.8 Å². The van der Waals surface area contributed by atoms with Crippen molar-refractivity contribution in [2.24, 2.45) is 17.3 Å². The number of anilines is 1. The zero-order valence-corrected chi connectivity index (χ0v) is 18.8. The van der Waals surface area contributed by atoms with Crippen molar-refractivity contribution in [3.8, 4) is 0 Å². The van der Waals surface area contributed by atoms with Gasteiger partial charge in [0.1, 0.15) is 17.0 Å². The van der Waals surface area contributed by atoms with Gasteiger partial charge >= 0.3 is 11.9 Å². The fourth-order valence-corrected chi connectivity index (χ4v) is 6.23. The number of nitrogens with one attached hydrogen (secondary N) is 1. The molecule has 4 bridgehead atoms. The lowest BCUT2D eigenvalue weighted by Gasteiger charge is -2.61. The summed E-state index contributed by atoms with van der Waals surface area (Å²) < 4.78 is 11.0.